The zero-order valence-corrected chi connectivity index (χ0v) is 11.3. The Bertz CT molecular complexity index is 503. The first-order valence-corrected chi connectivity index (χ1v) is 7.24. The Morgan fingerprint density at radius 1 is 1.11 bits per heavy atom. The SMILES string of the molecule is CCCCCSc1ccc2c(c1)C(=O)C(=O)C=C2. The lowest BCUT2D eigenvalue weighted by molar-refractivity contribution is -0.110. The highest BCUT2D eigenvalue weighted by atomic mass is 32.2. The van der Waals surface area contributed by atoms with Crippen LogP contribution in [-0.2, 0) is 4.79 Å². The fraction of sp³-hybridized carbons (Fsp3) is 0.333. The minimum absolute atomic E-state index is 0.386. The lowest BCUT2D eigenvalue weighted by atomic mass is 9.96. The summed E-state index contributed by atoms with van der Waals surface area (Å²) in [5, 5.41) is 0. The number of thioether (sulfide) groups is 1. The number of benzene rings is 1. The first kappa shape index (κ1) is 13.1. The van der Waals surface area contributed by atoms with Gasteiger partial charge in [-0.05, 0) is 35.9 Å². The molecule has 94 valence electrons. The molecular weight excluding hydrogens is 244 g/mol. The maximum atomic E-state index is 11.7. The molecule has 0 aliphatic heterocycles. The van der Waals surface area contributed by atoms with Crippen molar-refractivity contribution in [1.29, 1.82) is 0 Å². The lowest BCUT2D eigenvalue weighted by Gasteiger charge is -2.10. The Morgan fingerprint density at radius 3 is 2.72 bits per heavy atom. The molecule has 1 aliphatic rings. The number of hydrogen-bond donors (Lipinski definition) is 0. The van der Waals surface area contributed by atoms with Gasteiger partial charge < -0.3 is 0 Å². The number of fused-ring (bicyclic) bond motifs is 1. The van der Waals surface area contributed by atoms with E-state index in [1.165, 1.54) is 25.3 Å². The first-order chi connectivity index (χ1) is 8.72. The molecule has 0 unspecified atom stereocenters. The maximum absolute atomic E-state index is 11.7. The van der Waals surface area contributed by atoms with Crippen LogP contribution >= 0.6 is 11.8 Å². The molecule has 0 amide bonds. The predicted molar refractivity (Wildman–Crippen MR) is 75.1 cm³/mol. The summed E-state index contributed by atoms with van der Waals surface area (Å²) >= 11 is 1.75. The van der Waals surface area contributed by atoms with E-state index in [1.54, 1.807) is 17.8 Å². The molecule has 0 bridgehead atoms. The van der Waals surface area contributed by atoms with Crippen LogP contribution in [0.4, 0.5) is 0 Å². The minimum atomic E-state index is -0.421. The fourth-order valence-corrected chi connectivity index (χ4v) is 2.83. The molecule has 1 aromatic carbocycles. The second-order valence-electron chi connectivity index (χ2n) is 4.33. The summed E-state index contributed by atoms with van der Waals surface area (Å²) in [5.74, 6) is 0.254. The molecule has 2 nitrogen and oxygen atoms in total. The third-order valence-electron chi connectivity index (χ3n) is 2.92. The number of allylic oxidation sites excluding steroid dienone is 1. The van der Waals surface area contributed by atoms with Crippen LogP contribution in [0.2, 0.25) is 0 Å². The zero-order valence-electron chi connectivity index (χ0n) is 10.4. The Hall–Kier alpha value is -1.35. The number of unbranched alkanes of at least 4 members (excludes halogenated alkanes) is 2. The van der Waals surface area contributed by atoms with Crippen molar-refractivity contribution in [1.82, 2.24) is 0 Å². The van der Waals surface area contributed by atoms with E-state index >= 15 is 0 Å². The topological polar surface area (TPSA) is 34.1 Å². The minimum Gasteiger partial charge on any atom is -0.286 e. The average molecular weight is 260 g/mol. The number of Topliss-reactive ketones (excluding diaryl/α,β-unsaturated/α-hetero) is 1. The van der Waals surface area contributed by atoms with Crippen LogP contribution in [0.25, 0.3) is 6.08 Å². The molecule has 0 heterocycles. The molecule has 18 heavy (non-hydrogen) atoms. The number of carbonyl (C=O) groups is 2. The summed E-state index contributed by atoms with van der Waals surface area (Å²) in [7, 11) is 0. The van der Waals surface area contributed by atoms with Gasteiger partial charge in [0.25, 0.3) is 0 Å². The van der Waals surface area contributed by atoms with Crippen LogP contribution in [0.5, 0.6) is 0 Å². The normalized spacial score (nSPS) is 13.8. The summed E-state index contributed by atoms with van der Waals surface area (Å²) < 4.78 is 0. The Labute approximate surface area is 111 Å². The molecule has 1 aliphatic carbocycles. The van der Waals surface area contributed by atoms with Gasteiger partial charge in [-0.1, -0.05) is 31.9 Å². The monoisotopic (exact) mass is 260 g/mol. The van der Waals surface area contributed by atoms with Gasteiger partial charge in [-0.25, -0.2) is 0 Å². The van der Waals surface area contributed by atoms with Crippen molar-refractivity contribution >= 4 is 29.4 Å². The van der Waals surface area contributed by atoms with E-state index in [4.69, 9.17) is 0 Å². The third kappa shape index (κ3) is 2.91. The molecule has 1 aromatic rings. The lowest BCUT2D eigenvalue weighted by Crippen LogP contribution is -2.16. The molecule has 0 saturated heterocycles. The quantitative estimate of drug-likeness (QED) is 0.459. The van der Waals surface area contributed by atoms with Crippen LogP contribution in [0, 0.1) is 0 Å². The van der Waals surface area contributed by atoms with Crippen molar-refractivity contribution in [3.05, 3.63) is 35.4 Å². The van der Waals surface area contributed by atoms with Gasteiger partial charge in [-0.2, -0.15) is 0 Å². The molecule has 0 fully saturated rings. The molecule has 0 N–H and O–H groups in total. The molecule has 2 rings (SSSR count). The summed E-state index contributed by atoms with van der Waals surface area (Å²) in [6.45, 7) is 2.18. The van der Waals surface area contributed by atoms with Crippen LogP contribution in [0.3, 0.4) is 0 Å². The van der Waals surface area contributed by atoms with E-state index in [2.05, 4.69) is 6.92 Å². The van der Waals surface area contributed by atoms with Crippen LogP contribution in [-0.4, -0.2) is 17.3 Å². The number of ketones is 2. The number of hydrogen-bond acceptors (Lipinski definition) is 3. The summed E-state index contributed by atoms with van der Waals surface area (Å²) in [6.07, 6.45) is 6.69. The van der Waals surface area contributed by atoms with Crippen LogP contribution < -0.4 is 0 Å². The molecular formula is C15H16O2S. The van der Waals surface area contributed by atoms with E-state index in [1.807, 2.05) is 18.2 Å². The average Bonchev–Trinajstić information content (AvgIpc) is 2.39. The number of rotatable bonds is 5. The Morgan fingerprint density at radius 2 is 1.94 bits per heavy atom. The van der Waals surface area contributed by atoms with Gasteiger partial charge in [0.1, 0.15) is 0 Å². The zero-order chi connectivity index (χ0) is 13.0. The number of carbonyl (C=O) groups excluding carboxylic acids is 2. The molecule has 0 spiro atoms. The van der Waals surface area contributed by atoms with Crippen LogP contribution in [0.15, 0.2) is 29.2 Å². The summed E-state index contributed by atoms with van der Waals surface area (Å²) in [4.78, 5) is 24.1. The van der Waals surface area contributed by atoms with Crippen molar-refractivity contribution in [2.75, 3.05) is 5.75 Å². The second kappa shape index (κ2) is 6.01. The molecule has 0 radical (unpaired) electrons. The second-order valence-corrected chi connectivity index (χ2v) is 5.50. The van der Waals surface area contributed by atoms with Crippen molar-refractivity contribution in [2.24, 2.45) is 0 Å². The van der Waals surface area contributed by atoms with Crippen LogP contribution in [0.1, 0.15) is 42.1 Å². The molecule has 0 atom stereocenters. The Kier molecular flexibility index (Phi) is 4.37. The van der Waals surface area contributed by atoms with Gasteiger partial charge in [0, 0.05) is 10.5 Å². The third-order valence-corrected chi connectivity index (χ3v) is 4.00. The Balaban J connectivity index is 2.10. The van der Waals surface area contributed by atoms with E-state index in [9.17, 15) is 9.59 Å². The largest absolute Gasteiger partial charge is 0.286 e. The summed E-state index contributed by atoms with van der Waals surface area (Å²) in [5.41, 5.74) is 1.39. The van der Waals surface area contributed by atoms with E-state index < -0.39 is 5.78 Å². The van der Waals surface area contributed by atoms with E-state index in [-0.39, 0.29) is 5.78 Å². The van der Waals surface area contributed by atoms with E-state index in [0.717, 1.165) is 16.2 Å². The predicted octanol–water partition coefficient (Wildman–Crippen LogP) is 3.75. The molecule has 0 saturated carbocycles. The van der Waals surface area contributed by atoms with Gasteiger partial charge >= 0.3 is 0 Å². The highest BCUT2D eigenvalue weighted by Crippen LogP contribution is 2.25. The van der Waals surface area contributed by atoms with Gasteiger partial charge in [0.05, 0.1) is 0 Å². The highest BCUT2D eigenvalue weighted by Gasteiger charge is 2.20. The van der Waals surface area contributed by atoms with Crippen molar-refractivity contribution < 1.29 is 9.59 Å². The standard InChI is InChI=1S/C15H16O2S/c1-2-3-4-9-18-12-7-5-11-6-8-14(16)15(17)13(11)10-12/h5-8,10H,2-4,9H2,1H3. The first-order valence-electron chi connectivity index (χ1n) is 6.26. The maximum Gasteiger partial charge on any atom is 0.233 e. The highest BCUT2D eigenvalue weighted by molar-refractivity contribution is 7.99. The van der Waals surface area contributed by atoms with Gasteiger partial charge in [0.15, 0.2) is 0 Å². The smallest absolute Gasteiger partial charge is 0.233 e. The van der Waals surface area contributed by atoms with Gasteiger partial charge in [0.2, 0.25) is 11.6 Å². The van der Waals surface area contributed by atoms with E-state index in [0.29, 0.717) is 5.56 Å². The summed E-state index contributed by atoms with van der Waals surface area (Å²) in [6, 6.07) is 5.77. The fourth-order valence-electron chi connectivity index (χ4n) is 1.88. The van der Waals surface area contributed by atoms with Crippen molar-refractivity contribution in [3.63, 3.8) is 0 Å². The van der Waals surface area contributed by atoms with Gasteiger partial charge in [-0.3, -0.25) is 9.59 Å². The van der Waals surface area contributed by atoms with Gasteiger partial charge in [-0.15, -0.1) is 11.8 Å². The molecule has 0 aromatic heterocycles. The van der Waals surface area contributed by atoms with Crippen molar-refractivity contribution in [3.8, 4) is 0 Å². The van der Waals surface area contributed by atoms with Crippen molar-refractivity contribution in [2.45, 2.75) is 31.1 Å². The molecule has 3 heteroatoms.